The zero-order chi connectivity index (χ0) is 14.9. The van der Waals surface area contributed by atoms with Gasteiger partial charge < -0.3 is 21.7 Å². The second-order valence-corrected chi connectivity index (χ2v) is 5.13. The van der Waals surface area contributed by atoms with Gasteiger partial charge in [-0.05, 0) is 60.4 Å². The van der Waals surface area contributed by atoms with Crippen molar-refractivity contribution in [2.24, 2.45) is 11.5 Å². The van der Waals surface area contributed by atoms with Crippen molar-refractivity contribution in [2.45, 2.75) is 25.9 Å². The number of aromatic hydroxyl groups is 2. The summed E-state index contributed by atoms with van der Waals surface area (Å²) in [6, 6.07) is 9.40. The van der Waals surface area contributed by atoms with E-state index in [0.717, 1.165) is 22.3 Å². The Balaban J connectivity index is 2.34. The van der Waals surface area contributed by atoms with Crippen molar-refractivity contribution in [3.8, 4) is 11.5 Å². The van der Waals surface area contributed by atoms with Gasteiger partial charge in [-0.15, -0.1) is 0 Å². The summed E-state index contributed by atoms with van der Waals surface area (Å²) < 4.78 is 0. The first-order chi connectivity index (χ1) is 9.40. The van der Waals surface area contributed by atoms with Gasteiger partial charge in [0.15, 0.2) is 0 Å². The predicted octanol–water partition coefficient (Wildman–Crippen LogP) is 2.41. The molecule has 6 N–H and O–H groups in total. The summed E-state index contributed by atoms with van der Waals surface area (Å²) in [5.41, 5.74) is 16.1. The van der Waals surface area contributed by atoms with E-state index in [9.17, 15) is 10.2 Å². The van der Waals surface area contributed by atoms with Crippen LogP contribution in [0, 0.1) is 13.8 Å². The van der Waals surface area contributed by atoms with Crippen molar-refractivity contribution in [1.82, 2.24) is 0 Å². The van der Waals surface area contributed by atoms with Gasteiger partial charge in [-0.1, -0.05) is 12.1 Å². The zero-order valence-corrected chi connectivity index (χ0v) is 11.7. The summed E-state index contributed by atoms with van der Waals surface area (Å²) in [6.07, 6.45) is 0. The van der Waals surface area contributed by atoms with Crippen LogP contribution in [-0.2, 0) is 0 Å². The van der Waals surface area contributed by atoms with E-state index in [2.05, 4.69) is 0 Å². The maximum atomic E-state index is 9.45. The largest absolute Gasteiger partial charge is 0.508 e. The van der Waals surface area contributed by atoms with Crippen LogP contribution in [-0.4, -0.2) is 10.2 Å². The molecule has 2 atom stereocenters. The molecule has 0 fully saturated rings. The van der Waals surface area contributed by atoms with Crippen LogP contribution in [0.25, 0.3) is 0 Å². The molecule has 0 heterocycles. The second-order valence-electron chi connectivity index (χ2n) is 5.13. The Bertz CT molecular complexity index is 570. The fourth-order valence-electron chi connectivity index (χ4n) is 2.45. The summed E-state index contributed by atoms with van der Waals surface area (Å²) in [4.78, 5) is 0. The topological polar surface area (TPSA) is 92.5 Å². The number of hydrogen-bond donors (Lipinski definition) is 4. The van der Waals surface area contributed by atoms with Crippen molar-refractivity contribution in [3.63, 3.8) is 0 Å². The van der Waals surface area contributed by atoms with Gasteiger partial charge in [0, 0.05) is 12.1 Å². The van der Waals surface area contributed by atoms with Crippen LogP contribution in [0.2, 0.25) is 0 Å². The summed E-state index contributed by atoms with van der Waals surface area (Å²) in [5, 5.41) is 18.9. The molecule has 0 unspecified atom stereocenters. The first-order valence-corrected chi connectivity index (χ1v) is 6.50. The van der Waals surface area contributed by atoms with E-state index in [4.69, 9.17) is 11.5 Å². The first kappa shape index (κ1) is 14.4. The Morgan fingerprint density at radius 1 is 0.750 bits per heavy atom. The molecular weight excluding hydrogens is 252 g/mol. The van der Waals surface area contributed by atoms with Gasteiger partial charge in [-0.2, -0.15) is 0 Å². The van der Waals surface area contributed by atoms with E-state index >= 15 is 0 Å². The van der Waals surface area contributed by atoms with Crippen molar-refractivity contribution >= 4 is 0 Å². The van der Waals surface area contributed by atoms with Gasteiger partial charge in [-0.25, -0.2) is 0 Å². The number of phenolic OH excluding ortho intramolecular Hbond substituents is 2. The minimum absolute atomic E-state index is 0.216. The number of hydrogen-bond acceptors (Lipinski definition) is 4. The van der Waals surface area contributed by atoms with E-state index in [1.54, 1.807) is 36.4 Å². The predicted molar refractivity (Wildman–Crippen MR) is 79.5 cm³/mol. The van der Waals surface area contributed by atoms with Crippen LogP contribution in [0.1, 0.15) is 34.3 Å². The van der Waals surface area contributed by atoms with Crippen molar-refractivity contribution < 1.29 is 10.2 Å². The van der Waals surface area contributed by atoms with Crippen molar-refractivity contribution in [1.29, 1.82) is 0 Å². The molecular formula is C16H20N2O2. The van der Waals surface area contributed by atoms with E-state index in [1.807, 2.05) is 13.8 Å². The Hall–Kier alpha value is -2.04. The lowest BCUT2D eigenvalue weighted by atomic mass is 9.90. The van der Waals surface area contributed by atoms with Gasteiger partial charge in [0.25, 0.3) is 0 Å². The molecule has 2 aromatic carbocycles. The number of aryl methyl sites for hydroxylation is 2. The van der Waals surface area contributed by atoms with E-state index in [-0.39, 0.29) is 23.6 Å². The third-order valence-corrected chi connectivity index (χ3v) is 3.61. The van der Waals surface area contributed by atoms with Crippen LogP contribution in [0.4, 0.5) is 0 Å². The monoisotopic (exact) mass is 272 g/mol. The maximum absolute atomic E-state index is 9.45. The summed E-state index contributed by atoms with van der Waals surface area (Å²) in [5.74, 6) is 0.431. The standard InChI is InChI=1S/C16H20N2O2/c1-9-7-11(19)3-5-13(9)15(17)16(18)14-6-4-12(20)8-10(14)2/h3-8,15-16,19-20H,17-18H2,1-2H3/t15-,16-/m1/s1. The molecule has 20 heavy (non-hydrogen) atoms. The lowest BCUT2D eigenvalue weighted by Crippen LogP contribution is -2.27. The number of benzene rings is 2. The van der Waals surface area contributed by atoms with Crippen LogP contribution in [0.3, 0.4) is 0 Å². The highest BCUT2D eigenvalue weighted by molar-refractivity contribution is 5.40. The maximum Gasteiger partial charge on any atom is 0.115 e. The van der Waals surface area contributed by atoms with Crippen LogP contribution in [0.15, 0.2) is 36.4 Å². The second kappa shape index (κ2) is 5.53. The number of rotatable bonds is 3. The number of nitrogens with two attached hydrogens (primary N) is 2. The molecule has 0 bridgehead atoms. The third kappa shape index (κ3) is 2.76. The smallest absolute Gasteiger partial charge is 0.115 e. The highest BCUT2D eigenvalue weighted by Crippen LogP contribution is 2.31. The molecule has 0 aliphatic carbocycles. The number of phenols is 2. The minimum atomic E-state index is -0.376. The fraction of sp³-hybridized carbons (Fsp3) is 0.250. The molecule has 0 amide bonds. The van der Waals surface area contributed by atoms with Gasteiger partial charge >= 0.3 is 0 Å². The summed E-state index contributed by atoms with van der Waals surface area (Å²) in [7, 11) is 0. The normalized spacial score (nSPS) is 14.0. The Morgan fingerprint density at radius 3 is 1.40 bits per heavy atom. The van der Waals surface area contributed by atoms with Crippen LogP contribution >= 0.6 is 0 Å². The van der Waals surface area contributed by atoms with E-state index in [0.29, 0.717) is 0 Å². The fourth-order valence-corrected chi connectivity index (χ4v) is 2.45. The molecule has 0 aliphatic heterocycles. The van der Waals surface area contributed by atoms with Gasteiger partial charge in [0.05, 0.1) is 0 Å². The average Bonchev–Trinajstić information content (AvgIpc) is 2.37. The van der Waals surface area contributed by atoms with Crippen molar-refractivity contribution in [3.05, 3.63) is 58.7 Å². The summed E-state index contributed by atoms with van der Waals surface area (Å²) in [6.45, 7) is 3.79. The van der Waals surface area contributed by atoms with Gasteiger partial charge in [0.1, 0.15) is 11.5 Å². The first-order valence-electron chi connectivity index (χ1n) is 6.50. The average molecular weight is 272 g/mol. The molecule has 0 radical (unpaired) electrons. The Labute approximate surface area is 118 Å². The minimum Gasteiger partial charge on any atom is -0.508 e. The van der Waals surface area contributed by atoms with E-state index in [1.165, 1.54) is 0 Å². The molecule has 4 nitrogen and oxygen atoms in total. The molecule has 2 rings (SSSR count). The Kier molecular flexibility index (Phi) is 3.97. The summed E-state index contributed by atoms with van der Waals surface area (Å²) >= 11 is 0. The molecule has 2 aromatic rings. The highest BCUT2D eigenvalue weighted by atomic mass is 16.3. The molecule has 106 valence electrons. The van der Waals surface area contributed by atoms with Crippen LogP contribution < -0.4 is 11.5 Å². The molecule has 0 aliphatic rings. The van der Waals surface area contributed by atoms with Gasteiger partial charge in [0.2, 0.25) is 0 Å². The molecule has 0 aromatic heterocycles. The third-order valence-electron chi connectivity index (χ3n) is 3.61. The SMILES string of the molecule is Cc1cc(O)ccc1[C@@H](N)[C@H](N)c1ccc(O)cc1C. The quantitative estimate of drug-likeness (QED) is 0.690. The van der Waals surface area contributed by atoms with Crippen molar-refractivity contribution in [2.75, 3.05) is 0 Å². The Morgan fingerprint density at radius 2 is 1.10 bits per heavy atom. The molecule has 4 heteroatoms. The molecule has 0 saturated heterocycles. The zero-order valence-electron chi connectivity index (χ0n) is 11.7. The van der Waals surface area contributed by atoms with Crippen LogP contribution in [0.5, 0.6) is 11.5 Å². The highest BCUT2D eigenvalue weighted by Gasteiger charge is 2.20. The molecule has 0 spiro atoms. The lowest BCUT2D eigenvalue weighted by molar-refractivity contribution is 0.472. The molecule has 0 saturated carbocycles. The van der Waals surface area contributed by atoms with Gasteiger partial charge in [-0.3, -0.25) is 0 Å². The van der Waals surface area contributed by atoms with E-state index < -0.39 is 0 Å². The lowest BCUT2D eigenvalue weighted by Gasteiger charge is -2.24.